The van der Waals surface area contributed by atoms with Gasteiger partial charge in [-0.1, -0.05) is 27.7 Å². The van der Waals surface area contributed by atoms with Gasteiger partial charge in [-0.15, -0.1) is 0 Å². The van der Waals surface area contributed by atoms with Crippen LogP contribution in [-0.4, -0.2) is 80.7 Å². The maximum Gasteiger partial charge on any atom is 0.257 e. The van der Waals surface area contributed by atoms with Crippen LogP contribution in [0.3, 0.4) is 0 Å². The zero-order chi connectivity index (χ0) is 21.8. The normalized spacial score (nSPS) is 15.1. The Labute approximate surface area is 173 Å². The molecule has 0 aliphatic carbocycles. The van der Waals surface area contributed by atoms with Crippen molar-refractivity contribution in [1.82, 2.24) is 14.1 Å². The van der Waals surface area contributed by atoms with Crippen LogP contribution in [0.1, 0.15) is 38.1 Å². The lowest BCUT2D eigenvalue weighted by Gasteiger charge is -2.35. The van der Waals surface area contributed by atoms with E-state index < -0.39 is 10.0 Å². The molecule has 0 bridgehead atoms. The number of benzene rings is 1. The quantitative estimate of drug-likeness (QED) is 0.663. The van der Waals surface area contributed by atoms with Crippen molar-refractivity contribution >= 4 is 21.8 Å². The van der Waals surface area contributed by atoms with E-state index in [2.05, 4.69) is 0 Å². The first-order valence-electron chi connectivity index (χ1n) is 9.93. The fourth-order valence-corrected chi connectivity index (χ4v) is 4.88. The first-order valence-corrected chi connectivity index (χ1v) is 11.4. The minimum atomic E-state index is -3.69. The highest BCUT2D eigenvalue weighted by atomic mass is 32.2. The zero-order valence-electron chi connectivity index (χ0n) is 17.8. The van der Waals surface area contributed by atoms with Gasteiger partial charge in [-0.3, -0.25) is 9.59 Å². The summed E-state index contributed by atoms with van der Waals surface area (Å²) in [5.74, 6) is 0.0191. The van der Waals surface area contributed by atoms with Gasteiger partial charge in [0.2, 0.25) is 15.9 Å². The van der Waals surface area contributed by atoms with E-state index in [1.807, 2.05) is 13.8 Å². The number of sulfonamides is 1. The molecule has 1 aliphatic rings. The van der Waals surface area contributed by atoms with Crippen LogP contribution in [0, 0.1) is 5.92 Å². The molecule has 0 unspecified atom stereocenters. The molecular weight excluding hydrogens is 394 g/mol. The second-order valence-electron chi connectivity index (χ2n) is 7.22. The molecule has 0 saturated carbocycles. The number of carbonyl (C=O) groups excluding carboxylic acids is 2. The van der Waals surface area contributed by atoms with Gasteiger partial charge in [-0.25, -0.2) is 8.42 Å². The number of hydrogen-bond acceptors (Lipinski definition) is 5. The number of rotatable bonds is 7. The van der Waals surface area contributed by atoms with Crippen molar-refractivity contribution in [3.8, 4) is 5.75 Å². The minimum absolute atomic E-state index is 0.0685. The van der Waals surface area contributed by atoms with E-state index in [-0.39, 0.29) is 28.2 Å². The molecule has 1 fully saturated rings. The number of ether oxygens (including phenoxy) is 1. The minimum Gasteiger partial charge on any atom is -0.496 e. The molecule has 162 valence electrons. The third-order valence-electron chi connectivity index (χ3n) is 5.12. The summed E-state index contributed by atoms with van der Waals surface area (Å²) in [6.45, 7) is 9.66. The Kier molecular flexibility index (Phi) is 7.65. The van der Waals surface area contributed by atoms with Crippen LogP contribution in [0.5, 0.6) is 5.75 Å². The predicted octanol–water partition coefficient (Wildman–Crippen LogP) is 1.67. The Morgan fingerprint density at radius 1 is 1.07 bits per heavy atom. The Balaban J connectivity index is 2.27. The molecule has 0 N–H and O–H groups in total. The molecule has 0 spiro atoms. The summed E-state index contributed by atoms with van der Waals surface area (Å²) in [6.07, 6.45) is 0. The lowest BCUT2D eigenvalue weighted by molar-refractivity contribution is -0.135. The first kappa shape index (κ1) is 23.2. The van der Waals surface area contributed by atoms with Gasteiger partial charge >= 0.3 is 0 Å². The summed E-state index contributed by atoms with van der Waals surface area (Å²) < 4.78 is 32.3. The van der Waals surface area contributed by atoms with E-state index in [0.29, 0.717) is 45.0 Å². The topological polar surface area (TPSA) is 87.2 Å². The van der Waals surface area contributed by atoms with E-state index in [4.69, 9.17) is 4.74 Å². The number of amides is 2. The van der Waals surface area contributed by atoms with Crippen LogP contribution >= 0.6 is 0 Å². The monoisotopic (exact) mass is 425 g/mol. The van der Waals surface area contributed by atoms with Crippen molar-refractivity contribution in [2.75, 3.05) is 46.4 Å². The number of nitrogens with zero attached hydrogens (tertiary/aromatic N) is 3. The lowest BCUT2D eigenvalue weighted by Crippen LogP contribution is -2.51. The molecule has 9 heteroatoms. The van der Waals surface area contributed by atoms with Crippen molar-refractivity contribution in [2.24, 2.45) is 5.92 Å². The SMILES string of the molecule is CCN(CC)S(=O)(=O)c1ccc(OC)c(C(=O)N2CCN(C(=O)C(C)C)CC2)c1. The molecule has 1 aliphatic heterocycles. The average Bonchev–Trinajstić information content (AvgIpc) is 2.72. The molecule has 0 aromatic heterocycles. The second kappa shape index (κ2) is 9.58. The van der Waals surface area contributed by atoms with Crippen molar-refractivity contribution in [1.29, 1.82) is 0 Å². The molecule has 0 atom stereocenters. The van der Waals surface area contributed by atoms with E-state index in [1.165, 1.54) is 29.6 Å². The van der Waals surface area contributed by atoms with Crippen molar-refractivity contribution in [3.05, 3.63) is 23.8 Å². The summed E-state index contributed by atoms with van der Waals surface area (Å²) in [5, 5.41) is 0. The fourth-order valence-electron chi connectivity index (χ4n) is 3.39. The van der Waals surface area contributed by atoms with Crippen molar-refractivity contribution in [3.63, 3.8) is 0 Å². The fraction of sp³-hybridized carbons (Fsp3) is 0.600. The molecule has 0 radical (unpaired) electrons. The second-order valence-corrected chi connectivity index (χ2v) is 9.16. The largest absolute Gasteiger partial charge is 0.496 e. The number of carbonyl (C=O) groups is 2. The highest BCUT2D eigenvalue weighted by Crippen LogP contribution is 2.26. The smallest absolute Gasteiger partial charge is 0.257 e. The average molecular weight is 426 g/mol. The van der Waals surface area contributed by atoms with E-state index in [9.17, 15) is 18.0 Å². The maximum absolute atomic E-state index is 13.1. The molecule has 2 amide bonds. The molecule has 1 aromatic carbocycles. The van der Waals surface area contributed by atoms with Crippen LogP contribution in [0.15, 0.2) is 23.1 Å². The zero-order valence-corrected chi connectivity index (χ0v) is 18.7. The van der Waals surface area contributed by atoms with Gasteiger partial charge in [0, 0.05) is 45.2 Å². The maximum atomic E-state index is 13.1. The number of piperazine rings is 1. The van der Waals surface area contributed by atoms with Gasteiger partial charge < -0.3 is 14.5 Å². The van der Waals surface area contributed by atoms with Crippen molar-refractivity contribution in [2.45, 2.75) is 32.6 Å². The van der Waals surface area contributed by atoms with Gasteiger partial charge in [0.15, 0.2) is 0 Å². The summed E-state index contributed by atoms with van der Waals surface area (Å²) >= 11 is 0. The number of hydrogen-bond donors (Lipinski definition) is 0. The Morgan fingerprint density at radius 3 is 2.10 bits per heavy atom. The highest BCUT2D eigenvalue weighted by molar-refractivity contribution is 7.89. The van der Waals surface area contributed by atoms with Crippen LogP contribution in [0.25, 0.3) is 0 Å². The van der Waals surface area contributed by atoms with E-state index >= 15 is 0 Å². The van der Waals surface area contributed by atoms with Gasteiger partial charge in [0.1, 0.15) is 5.75 Å². The Hall–Kier alpha value is -2.13. The summed E-state index contributed by atoms with van der Waals surface area (Å²) in [4.78, 5) is 28.7. The van der Waals surface area contributed by atoms with E-state index in [1.54, 1.807) is 23.6 Å². The summed E-state index contributed by atoms with van der Waals surface area (Å²) in [5.41, 5.74) is 0.212. The van der Waals surface area contributed by atoms with Crippen LogP contribution in [0.2, 0.25) is 0 Å². The van der Waals surface area contributed by atoms with Gasteiger partial charge in [-0.05, 0) is 18.2 Å². The summed E-state index contributed by atoms with van der Waals surface area (Å²) in [6, 6.07) is 4.37. The van der Waals surface area contributed by atoms with Crippen LogP contribution in [-0.2, 0) is 14.8 Å². The highest BCUT2D eigenvalue weighted by Gasteiger charge is 2.29. The molecule has 1 saturated heterocycles. The molecular formula is C20H31N3O5S. The summed E-state index contributed by atoms with van der Waals surface area (Å²) in [7, 11) is -2.24. The van der Waals surface area contributed by atoms with Crippen molar-refractivity contribution < 1.29 is 22.7 Å². The third-order valence-corrected chi connectivity index (χ3v) is 7.16. The first-order chi connectivity index (χ1) is 13.7. The van der Waals surface area contributed by atoms with Gasteiger partial charge in [-0.2, -0.15) is 4.31 Å². The predicted molar refractivity (Wildman–Crippen MR) is 110 cm³/mol. The number of methoxy groups -OCH3 is 1. The third kappa shape index (κ3) is 4.90. The van der Waals surface area contributed by atoms with Gasteiger partial charge in [0.05, 0.1) is 17.6 Å². The molecule has 8 nitrogen and oxygen atoms in total. The molecule has 2 rings (SSSR count). The Bertz CT molecular complexity index is 842. The Morgan fingerprint density at radius 2 is 1.62 bits per heavy atom. The van der Waals surface area contributed by atoms with Gasteiger partial charge in [0.25, 0.3) is 5.91 Å². The van der Waals surface area contributed by atoms with E-state index in [0.717, 1.165) is 0 Å². The van der Waals surface area contributed by atoms with Crippen LogP contribution < -0.4 is 4.74 Å². The standard InChI is InChI=1S/C20H31N3O5S/c1-6-23(7-2)29(26,27)16-8-9-18(28-5)17(14-16)20(25)22-12-10-21(11-13-22)19(24)15(3)4/h8-9,14-15H,6-7,10-13H2,1-5H3. The van der Waals surface area contributed by atoms with Crippen LogP contribution in [0.4, 0.5) is 0 Å². The molecule has 29 heavy (non-hydrogen) atoms. The lowest BCUT2D eigenvalue weighted by atomic mass is 10.1. The molecule has 1 aromatic rings. The molecule has 1 heterocycles.